The smallest absolute Gasteiger partial charge is 0.395 e. The molecule has 18 heavy (non-hydrogen) atoms. The topological polar surface area (TPSA) is 43.7 Å². The molecule has 1 aromatic carbocycles. The Hall–Kier alpha value is -0.790. The first-order chi connectivity index (χ1) is 8.40. The van der Waals surface area contributed by atoms with Gasteiger partial charge >= 0.3 is 6.18 Å². The average molecular weight is 328 g/mol. The molecule has 3 nitrogen and oxygen atoms in total. The number of aliphatic hydroxyl groups is 2. The van der Waals surface area contributed by atoms with Crippen LogP contribution < -0.4 is 4.90 Å². The summed E-state index contributed by atoms with van der Waals surface area (Å²) in [7, 11) is 0. The highest BCUT2D eigenvalue weighted by Crippen LogP contribution is 2.35. The van der Waals surface area contributed by atoms with Crippen molar-refractivity contribution in [1.82, 2.24) is 0 Å². The second-order valence-electron chi connectivity index (χ2n) is 3.60. The van der Waals surface area contributed by atoms with Crippen LogP contribution in [0.25, 0.3) is 0 Å². The molecule has 0 aliphatic carbocycles. The van der Waals surface area contributed by atoms with Crippen molar-refractivity contribution in [3.05, 3.63) is 28.2 Å². The Labute approximate surface area is 111 Å². The van der Waals surface area contributed by atoms with E-state index in [4.69, 9.17) is 10.2 Å². The summed E-state index contributed by atoms with van der Waals surface area (Å²) in [6.45, 7) is 0.190. The molecule has 0 bridgehead atoms. The first-order valence-electron chi connectivity index (χ1n) is 5.23. The summed E-state index contributed by atoms with van der Waals surface area (Å²) in [5.74, 6) is 0. The highest BCUT2D eigenvalue weighted by Gasteiger charge is 2.31. The maximum Gasteiger partial charge on any atom is 0.416 e. The molecule has 0 spiro atoms. The number of aliphatic hydroxyl groups excluding tert-OH is 2. The number of nitrogens with zero attached hydrogens (tertiary/aromatic N) is 1. The van der Waals surface area contributed by atoms with Crippen LogP contribution in [-0.4, -0.2) is 36.5 Å². The molecule has 0 heterocycles. The lowest BCUT2D eigenvalue weighted by Gasteiger charge is -2.24. The molecule has 0 unspecified atom stereocenters. The summed E-state index contributed by atoms with van der Waals surface area (Å²) in [5.41, 5.74) is -0.239. The highest BCUT2D eigenvalue weighted by molar-refractivity contribution is 9.10. The van der Waals surface area contributed by atoms with Crippen LogP contribution in [0.4, 0.5) is 18.9 Å². The third-order valence-electron chi connectivity index (χ3n) is 2.36. The van der Waals surface area contributed by atoms with Gasteiger partial charge in [0.2, 0.25) is 0 Å². The van der Waals surface area contributed by atoms with E-state index in [1.807, 2.05) is 0 Å². The minimum atomic E-state index is -4.39. The van der Waals surface area contributed by atoms with Crippen LogP contribution in [0.3, 0.4) is 0 Å². The van der Waals surface area contributed by atoms with Gasteiger partial charge in [0.1, 0.15) is 0 Å². The molecule has 1 rings (SSSR count). The SMILES string of the molecule is OCCN(CCO)c1ccc(C(F)(F)F)cc1Br. The van der Waals surface area contributed by atoms with Gasteiger partial charge in [-0.15, -0.1) is 0 Å². The lowest BCUT2D eigenvalue weighted by Crippen LogP contribution is -2.30. The Kier molecular flexibility index (Phi) is 5.43. The van der Waals surface area contributed by atoms with Crippen molar-refractivity contribution in [2.24, 2.45) is 0 Å². The quantitative estimate of drug-likeness (QED) is 0.871. The van der Waals surface area contributed by atoms with E-state index in [2.05, 4.69) is 15.9 Å². The molecular weight excluding hydrogens is 315 g/mol. The van der Waals surface area contributed by atoms with Crippen LogP contribution in [0.1, 0.15) is 5.56 Å². The molecule has 0 amide bonds. The number of hydrogen-bond acceptors (Lipinski definition) is 3. The van der Waals surface area contributed by atoms with Crippen LogP contribution in [0, 0.1) is 0 Å². The van der Waals surface area contributed by atoms with Crippen molar-refractivity contribution < 1.29 is 23.4 Å². The van der Waals surface area contributed by atoms with E-state index in [-0.39, 0.29) is 30.8 Å². The molecule has 0 aliphatic rings. The molecule has 0 saturated carbocycles. The number of anilines is 1. The zero-order valence-corrected chi connectivity index (χ0v) is 11.0. The summed E-state index contributed by atoms with van der Waals surface area (Å²) in [6.07, 6.45) is -4.39. The first kappa shape index (κ1) is 15.3. The van der Waals surface area contributed by atoms with Crippen LogP contribution >= 0.6 is 15.9 Å². The van der Waals surface area contributed by atoms with Gasteiger partial charge in [-0.3, -0.25) is 0 Å². The van der Waals surface area contributed by atoms with E-state index in [0.29, 0.717) is 5.69 Å². The van der Waals surface area contributed by atoms with Crippen molar-refractivity contribution in [3.8, 4) is 0 Å². The molecule has 102 valence electrons. The minimum absolute atomic E-state index is 0.145. The lowest BCUT2D eigenvalue weighted by molar-refractivity contribution is -0.137. The Morgan fingerprint density at radius 1 is 1.11 bits per heavy atom. The highest BCUT2D eigenvalue weighted by atomic mass is 79.9. The molecule has 0 atom stereocenters. The minimum Gasteiger partial charge on any atom is -0.395 e. The molecule has 0 aliphatic heterocycles. The van der Waals surface area contributed by atoms with E-state index in [1.54, 1.807) is 4.90 Å². The predicted molar refractivity (Wildman–Crippen MR) is 65.5 cm³/mol. The zero-order chi connectivity index (χ0) is 13.8. The van der Waals surface area contributed by atoms with Gasteiger partial charge in [0.15, 0.2) is 0 Å². The maximum atomic E-state index is 12.5. The van der Waals surface area contributed by atoms with E-state index in [0.717, 1.165) is 12.1 Å². The monoisotopic (exact) mass is 327 g/mol. The Bertz CT molecular complexity index is 392. The third-order valence-corrected chi connectivity index (χ3v) is 2.99. The van der Waals surface area contributed by atoms with Gasteiger partial charge < -0.3 is 15.1 Å². The van der Waals surface area contributed by atoms with Crippen molar-refractivity contribution in [2.45, 2.75) is 6.18 Å². The van der Waals surface area contributed by atoms with E-state index < -0.39 is 11.7 Å². The lowest BCUT2D eigenvalue weighted by atomic mass is 10.2. The molecule has 1 aromatic rings. The molecule has 7 heteroatoms. The number of halogens is 4. The van der Waals surface area contributed by atoms with Crippen molar-refractivity contribution in [3.63, 3.8) is 0 Å². The second kappa shape index (κ2) is 6.40. The van der Waals surface area contributed by atoms with Crippen molar-refractivity contribution in [2.75, 3.05) is 31.2 Å². The number of alkyl halides is 3. The predicted octanol–water partition coefficient (Wildman–Crippen LogP) is 2.26. The van der Waals surface area contributed by atoms with Crippen LogP contribution in [0.5, 0.6) is 0 Å². The average Bonchev–Trinajstić information content (AvgIpc) is 2.27. The summed E-state index contributed by atoms with van der Waals surface area (Å²) < 4.78 is 37.7. The van der Waals surface area contributed by atoms with Gasteiger partial charge in [0.25, 0.3) is 0 Å². The van der Waals surface area contributed by atoms with Gasteiger partial charge in [-0.25, -0.2) is 0 Å². The summed E-state index contributed by atoms with van der Waals surface area (Å²) in [5, 5.41) is 17.8. The normalized spacial score (nSPS) is 11.7. The molecule has 0 aromatic heterocycles. The van der Waals surface area contributed by atoms with Gasteiger partial charge in [-0.05, 0) is 34.1 Å². The van der Waals surface area contributed by atoms with E-state index in [9.17, 15) is 13.2 Å². The van der Waals surface area contributed by atoms with Crippen LogP contribution in [0.15, 0.2) is 22.7 Å². The second-order valence-corrected chi connectivity index (χ2v) is 4.45. The summed E-state index contributed by atoms with van der Waals surface area (Å²) in [4.78, 5) is 1.60. The zero-order valence-electron chi connectivity index (χ0n) is 9.41. The summed E-state index contributed by atoms with van der Waals surface area (Å²) in [6, 6.07) is 3.27. The Morgan fingerprint density at radius 3 is 2.06 bits per heavy atom. The van der Waals surface area contributed by atoms with Gasteiger partial charge in [-0.1, -0.05) is 0 Å². The molecule has 0 saturated heterocycles. The largest absolute Gasteiger partial charge is 0.416 e. The van der Waals surface area contributed by atoms with Crippen molar-refractivity contribution >= 4 is 21.6 Å². The van der Waals surface area contributed by atoms with E-state index >= 15 is 0 Å². The van der Waals surface area contributed by atoms with Gasteiger partial charge in [0.05, 0.1) is 24.5 Å². The first-order valence-corrected chi connectivity index (χ1v) is 6.03. The van der Waals surface area contributed by atoms with Crippen molar-refractivity contribution in [1.29, 1.82) is 0 Å². The number of hydrogen-bond donors (Lipinski definition) is 2. The Balaban J connectivity index is 3.03. The van der Waals surface area contributed by atoms with Gasteiger partial charge in [-0.2, -0.15) is 13.2 Å². The number of rotatable bonds is 5. The summed E-state index contributed by atoms with van der Waals surface area (Å²) >= 11 is 3.08. The maximum absolute atomic E-state index is 12.5. The van der Waals surface area contributed by atoms with Crippen LogP contribution in [0.2, 0.25) is 0 Å². The van der Waals surface area contributed by atoms with Crippen LogP contribution in [-0.2, 0) is 6.18 Å². The third kappa shape index (κ3) is 3.86. The molecular formula is C11H13BrF3NO2. The number of benzene rings is 1. The molecule has 2 N–H and O–H groups in total. The standard InChI is InChI=1S/C11H13BrF3NO2/c12-9-7-8(11(13,14)15)1-2-10(9)16(3-5-17)4-6-18/h1-2,7,17-18H,3-6H2. The fourth-order valence-electron chi connectivity index (χ4n) is 1.53. The van der Waals surface area contributed by atoms with E-state index in [1.165, 1.54) is 6.07 Å². The molecule has 0 radical (unpaired) electrons. The Morgan fingerprint density at radius 2 is 1.67 bits per heavy atom. The fourth-order valence-corrected chi connectivity index (χ4v) is 2.16. The molecule has 0 fully saturated rings. The van der Waals surface area contributed by atoms with Gasteiger partial charge in [0, 0.05) is 17.6 Å². The fraction of sp³-hybridized carbons (Fsp3) is 0.455.